The number of aromatic amines is 1. The molecular formula is C97H167N27O24S2. The molecule has 19 amide bonds. The molecule has 846 valence electrons. The molecule has 53 heteroatoms. The number of fused-ring (bicyclic) bond motifs is 1. The second-order valence-corrected chi connectivity index (χ2v) is 40.7. The Hall–Kier alpha value is -12.6. The van der Waals surface area contributed by atoms with Gasteiger partial charge in [-0.2, -0.15) is 25.3 Å². The molecule has 51 nitrogen and oxygen atoms in total. The Balaban J connectivity index is 2.58. The van der Waals surface area contributed by atoms with Crippen molar-refractivity contribution in [3.8, 4) is 0 Å². The van der Waals surface area contributed by atoms with Gasteiger partial charge in [0.2, 0.25) is 112 Å². The molecule has 0 aliphatic rings. The van der Waals surface area contributed by atoms with Crippen LogP contribution in [0.15, 0.2) is 30.5 Å². The third-order valence-electron chi connectivity index (χ3n) is 23.6. The van der Waals surface area contributed by atoms with Gasteiger partial charge >= 0.3 is 11.9 Å². The Labute approximate surface area is 886 Å². The number of hydrogen-bond acceptors (Lipinski definition) is 29. The molecule has 0 saturated heterocycles. The van der Waals surface area contributed by atoms with E-state index in [1.165, 1.54) is 6.20 Å². The van der Waals surface area contributed by atoms with Crippen LogP contribution in [-0.2, 0) is 107 Å². The molecule has 0 saturated carbocycles. The van der Waals surface area contributed by atoms with E-state index in [-0.39, 0.29) is 151 Å². The van der Waals surface area contributed by atoms with E-state index in [4.69, 9.17) is 45.5 Å². The molecular weight excluding hydrogens is 1990 g/mol. The van der Waals surface area contributed by atoms with Crippen molar-refractivity contribution in [1.29, 1.82) is 5.41 Å². The summed E-state index contributed by atoms with van der Waals surface area (Å²) in [5, 5.41) is 85.1. The molecule has 37 N–H and O–H groups in total. The third-order valence-corrected chi connectivity index (χ3v) is 24.3. The van der Waals surface area contributed by atoms with Crippen molar-refractivity contribution in [1.82, 2.24) is 101 Å². The van der Waals surface area contributed by atoms with Crippen LogP contribution in [0.3, 0.4) is 0 Å². The Morgan fingerprint density at radius 1 is 0.347 bits per heavy atom. The van der Waals surface area contributed by atoms with Crippen LogP contribution in [0.1, 0.15) is 237 Å². The fourth-order valence-corrected chi connectivity index (χ4v) is 16.3. The summed E-state index contributed by atoms with van der Waals surface area (Å²) < 4.78 is 0. The number of H-pyrrole nitrogens is 1. The lowest BCUT2D eigenvalue weighted by atomic mass is 9.99. The molecule has 0 radical (unpaired) electrons. The number of nitrogens with two attached hydrogens (primary N) is 7. The number of carbonyl (C=O) groups is 21. The van der Waals surface area contributed by atoms with E-state index in [2.05, 4.69) is 126 Å². The number of thiol groups is 2. The number of para-hydroxylation sites is 1. The van der Waals surface area contributed by atoms with E-state index in [0.29, 0.717) is 42.1 Å². The van der Waals surface area contributed by atoms with Crippen LogP contribution >= 0.6 is 25.3 Å². The number of aliphatic carboxylic acids is 2. The van der Waals surface area contributed by atoms with Crippen molar-refractivity contribution >= 4 is 166 Å². The van der Waals surface area contributed by atoms with Gasteiger partial charge in [0.15, 0.2) is 5.96 Å². The molecule has 0 aliphatic heterocycles. The first-order valence-corrected chi connectivity index (χ1v) is 52.3. The van der Waals surface area contributed by atoms with Gasteiger partial charge in [-0.25, -0.2) is 4.79 Å². The maximum absolute atomic E-state index is 15.0. The zero-order valence-corrected chi connectivity index (χ0v) is 90.1. The SMILES string of the molecule is CC(C)C[C@H](NC(=O)[C@H](CCCCN)NC(=O)[C@H](CC(C)C)NC(=O)[C@H](CS)NC(=O)[C@H](CCC(N)=O)NC(=O)[C@H](CCCCN)NC(=O)[C@@H](NC(=O)[C@H](CC(C)C)NC(=O)[C@H](CC(C)C)NC(=O)[C@H](CC(=O)O)NC(=O)[C@H](Cc1c[nH]c2ccccc12)NC(=O)[C@H](CCCCN)NC(=O)CNC(=O)[C@H](CCC(N)=O)NC(=O)[C@H](CS)NC(=O)[C@H](CC(C)C)NC(=O)[C@@H](N)CC(C)C)[C@@H](C)O)C(=O)N[C@@H](CCCNC(=N)N)C(=O)O. The minimum absolute atomic E-state index is 0.0182. The summed E-state index contributed by atoms with van der Waals surface area (Å²) in [4.78, 5) is 296. The van der Waals surface area contributed by atoms with Crippen LogP contribution in [0.5, 0.6) is 0 Å². The number of aliphatic hydroxyl groups excluding tert-OH is 1. The second-order valence-electron chi connectivity index (χ2n) is 40.0. The minimum Gasteiger partial charge on any atom is -0.481 e. The lowest BCUT2D eigenvalue weighted by molar-refractivity contribution is -0.143. The third kappa shape index (κ3) is 52.2. The van der Waals surface area contributed by atoms with Crippen molar-refractivity contribution in [3.63, 3.8) is 0 Å². The first-order chi connectivity index (χ1) is 70.5. The van der Waals surface area contributed by atoms with Crippen LogP contribution < -0.4 is 136 Å². The number of rotatable bonds is 76. The molecule has 2 aromatic rings. The first kappa shape index (κ1) is 133. The van der Waals surface area contributed by atoms with Crippen LogP contribution in [0.25, 0.3) is 10.9 Å². The van der Waals surface area contributed by atoms with E-state index in [9.17, 15) is 111 Å². The maximum atomic E-state index is 15.0. The lowest BCUT2D eigenvalue weighted by Gasteiger charge is -2.29. The number of carboxylic acids is 2. The summed E-state index contributed by atoms with van der Waals surface area (Å²) in [5.41, 5.74) is 40.9. The van der Waals surface area contributed by atoms with E-state index in [1.54, 1.807) is 93.5 Å². The molecule has 0 unspecified atom stereocenters. The van der Waals surface area contributed by atoms with Gasteiger partial charge in [0, 0.05) is 54.4 Å². The van der Waals surface area contributed by atoms with Gasteiger partial charge in [0.25, 0.3) is 0 Å². The summed E-state index contributed by atoms with van der Waals surface area (Å²) in [6.45, 7) is 21.7. The number of unbranched alkanes of at least 4 members (excludes halogenated alkanes) is 3. The van der Waals surface area contributed by atoms with Crippen molar-refractivity contribution in [2.45, 2.75) is 347 Å². The highest BCUT2D eigenvalue weighted by Crippen LogP contribution is 2.22. The zero-order valence-electron chi connectivity index (χ0n) is 88.3. The summed E-state index contributed by atoms with van der Waals surface area (Å²) in [5.74, 6) is -24.3. The summed E-state index contributed by atoms with van der Waals surface area (Å²) in [7, 11) is 0. The number of primary amides is 2. The van der Waals surface area contributed by atoms with E-state index < -0.39 is 289 Å². The summed E-state index contributed by atoms with van der Waals surface area (Å²) in [6, 6.07) is -19.2. The van der Waals surface area contributed by atoms with Crippen molar-refractivity contribution in [2.75, 3.05) is 44.2 Å². The first-order valence-electron chi connectivity index (χ1n) is 51.0. The quantitative estimate of drug-likeness (QED) is 0.0128. The van der Waals surface area contributed by atoms with Gasteiger partial charge in [0.05, 0.1) is 25.1 Å². The van der Waals surface area contributed by atoms with Crippen LogP contribution in [0.4, 0.5) is 0 Å². The van der Waals surface area contributed by atoms with Crippen LogP contribution in [0, 0.1) is 40.9 Å². The average molecular weight is 2160 g/mol. The zero-order chi connectivity index (χ0) is 113. The smallest absolute Gasteiger partial charge is 0.326 e. The molecule has 18 atom stereocenters. The van der Waals surface area contributed by atoms with Gasteiger partial charge in [-0.3, -0.25) is 101 Å². The maximum Gasteiger partial charge on any atom is 0.326 e. The van der Waals surface area contributed by atoms with E-state index in [0.717, 1.165) is 6.92 Å². The largest absolute Gasteiger partial charge is 0.481 e. The molecule has 1 heterocycles. The average Bonchev–Trinajstić information content (AvgIpc) is 1.66. The molecule has 0 spiro atoms. The van der Waals surface area contributed by atoms with Gasteiger partial charge in [-0.1, -0.05) is 101 Å². The highest BCUT2D eigenvalue weighted by atomic mass is 32.1. The number of amides is 19. The number of carbonyl (C=O) groups excluding carboxylic acids is 19. The Kier molecular flexibility index (Phi) is 62.7. The molecule has 1 aromatic carbocycles. The number of hydrogen-bond donors (Lipinski definition) is 32. The van der Waals surface area contributed by atoms with Gasteiger partial charge < -0.3 is 156 Å². The number of guanidine groups is 1. The predicted octanol–water partition coefficient (Wildman–Crippen LogP) is -4.83. The normalized spacial score (nSPS) is 15.0. The number of benzene rings is 1. The molecule has 2 rings (SSSR count). The molecule has 1 aromatic heterocycles. The lowest BCUT2D eigenvalue weighted by Crippen LogP contribution is -2.62. The van der Waals surface area contributed by atoms with Crippen molar-refractivity contribution in [2.24, 2.45) is 75.6 Å². The standard InChI is InChI=1S/C97H167N27O24S2/c1-49(2)37-58(101)80(131)115-66(38-50(3)4)89(140)123-73(47-149)93(144)111-63(29-31-75(102)126)81(132)108-46-77(128)109-60(25-16-19-33-98)82(133)120-71(43-56-45-107-59-24-15-14-23-57(56)59)90(141)121-72(44-78(129)130)91(142)117-69(41-53(9)10)88(139)118-70(42-54(11)12)92(143)124-79(55(13)125)95(146)113-62(27-18-21-35-100)83(134)112-64(30-32-76(103)127)85(136)122-74(48-150)94(145)119-67(39-51(5)6)86(137)110-61(26-17-20-34-99)84(135)116-68(40-52(7)8)87(138)114-65(96(147)148)28-22-36-106-97(104)105/h14-15,23-24,45,49-55,58,60-74,79,107,125,149-150H,16-22,25-44,46-48,98-101H2,1-13H3,(H2,102,126)(H2,103,127)(H,108,132)(H,109,128)(H,110,137)(H,111,144)(H,112,134)(H,113,146)(H,114,138)(H,115,131)(H,116,135)(H,117,142)(H,118,139)(H,119,145)(H,120,133)(H,121,141)(H,122,136)(H,123,140)(H,124,143)(H,129,130)(H,147,148)(H4,104,105,106)/t55-,58+,60+,61+,62+,63+,64+,65+,66+,67+,68+,69+,70+,71+,72+,73+,74+,79+/m1/s1. The predicted molar refractivity (Wildman–Crippen MR) is 565 cm³/mol. The Morgan fingerprint density at radius 2 is 0.653 bits per heavy atom. The number of aliphatic hydroxyl groups is 1. The van der Waals surface area contributed by atoms with E-state index in [1.807, 2.05) is 13.8 Å². The fourth-order valence-electron chi connectivity index (χ4n) is 15.8. The van der Waals surface area contributed by atoms with E-state index >= 15 is 4.79 Å². The number of aromatic nitrogens is 1. The second kappa shape index (κ2) is 70.5. The minimum atomic E-state index is -2.04. The summed E-state index contributed by atoms with van der Waals surface area (Å²) in [6.07, 6.45) is -2.37. The monoisotopic (exact) mass is 2160 g/mol. The molecule has 150 heavy (non-hydrogen) atoms. The van der Waals surface area contributed by atoms with Gasteiger partial charge in [-0.05, 0) is 196 Å². The van der Waals surface area contributed by atoms with Gasteiger partial charge in [0.1, 0.15) is 96.7 Å². The molecule has 0 fully saturated rings. The van der Waals surface area contributed by atoms with Gasteiger partial charge in [-0.15, -0.1) is 0 Å². The number of nitrogens with one attached hydrogen (secondary N) is 20. The fraction of sp³-hybridized carbons (Fsp3) is 0.691. The topological polar surface area (TPSA) is 857 Å². The van der Waals surface area contributed by atoms with Crippen molar-refractivity contribution < 1.29 is 116 Å². The number of carboxylic acid groups (broad SMARTS) is 2. The van der Waals surface area contributed by atoms with Crippen LogP contribution in [0.2, 0.25) is 0 Å². The molecule has 0 bridgehead atoms. The summed E-state index contributed by atoms with van der Waals surface area (Å²) >= 11 is 8.57. The van der Waals surface area contributed by atoms with Crippen molar-refractivity contribution in [3.05, 3.63) is 36.0 Å². The highest BCUT2D eigenvalue weighted by Gasteiger charge is 2.42. The highest BCUT2D eigenvalue weighted by molar-refractivity contribution is 7.80. The Morgan fingerprint density at radius 3 is 1.02 bits per heavy atom. The Bertz CT molecular complexity index is 4780. The van der Waals surface area contributed by atoms with Crippen LogP contribution in [-0.4, -0.2) is 303 Å². The molecule has 0 aliphatic carbocycles.